The van der Waals surface area contributed by atoms with Crippen LogP contribution >= 0.6 is 0 Å². The number of hydrogen-bond donors (Lipinski definition) is 0. The minimum Gasteiger partial charge on any atom is -0.374 e. The number of carbonyl (C=O) groups is 1. The van der Waals surface area contributed by atoms with Crippen molar-refractivity contribution >= 4 is 11.7 Å². The van der Waals surface area contributed by atoms with Crippen LogP contribution in [0.15, 0.2) is 36.7 Å². The molecule has 4 rings (SSSR count). The lowest BCUT2D eigenvalue weighted by molar-refractivity contribution is -0.133. The third kappa shape index (κ3) is 3.51. The summed E-state index contributed by atoms with van der Waals surface area (Å²) < 4.78 is 20.7. The standard InChI is InChI=1S/C20H23FN4O2/c1-2-15-19(21)20(23-13-22-15)24-11-16-17(12-24)27-9-8-18(26)25(16)10-14-6-4-3-5-7-14/h3-7,13,16-17H,2,8-12H2,1H3/t16-,17-/m0/s1. The second-order valence-corrected chi connectivity index (χ2v) is 6.95. The van der Waals surface area contributed by atoms with Gasteiger partial charge in [0.1, 0.15) is 6.33 Å². The van der Waals surface area contributed by atoms with Crippen molar-refractivity contribution in [2.45, 2.75) is 38.5 Å². The van der Waals surface area contributed by atoms with Crippen LogP contribution in [0.4, 0.5) is 10.2 Å². The summed E-state index contributed by atoms with van der Waals surface area (Å²) in [5.41, 5.74) is 1.48. The van der Waals surface area contributed by atoms with E-state index in [1.165, 1.54) is 6.33 Å². The molecule has 2 atom stereocenters. The van der Waals surface area contributed by atoms with Crippen molar-refractivity contribution in [2.24, 2.45) is 0 Å². The lowest BCUT2D eigenvalue weighted by atomic mass is 10.1. The highest BCUT2D eigenvalue weighted by molar-refractivity contribution is 5.77. The van der Waals surface area contributed by atoms with Crippen LogP contribution in [-0.2, 0) is 22.5 Å². The van der Waals surface area contributed by atoms with Crippen LogP contribution in [-0.4, -0.2) is 52.6 Å². The van der Waals surface area contributed by atoms with E-state index in [0.29, 0.717) is 50.6 Å². The number of aromatic nitrogens is 2. The van der Waals surface area contributed by atoms with Crippen molar-refractivity contribution in [3.8, 4) is 0 Å². The van der Waals surface area contributed by atoms with E-state index < -0.39 is 0 Å². The Bertz CT molecular complexity index is 817. The fourth-order valence-corrected chi connectivity index (χ4v) is 3.87. The topological polar surface area (TPSA) is 58.6 Å². The first kappa shape index (κ1) is 17.9. The second-order valence-electron chi connectivity index (χ2n) is 6.95. The lowest BCUT2D eigenvalue weighted by Crippen LogP contribution is -2.45. The first-order chi connectivity index (χ1) is 13.2. The number of anilines is 1. The van der Waals surface area contributed by atoms with Gasteiger partial charge >= 0.3 is 0 Å². The summed E-state index contributed by atoms with van der Waals surface area (Å²) in [6.45, 7) is 3.81. The van der Waals surface area contributed by atoms with Crippen LogP contribution in [0.1, 0.15) is 24.6 Å². The monoisotopic (exact) mass is 370 g/mol. The zero-order valence-electron chi connectivity index (χ0n) is 15.3. The Morgan fingerprint density at radius 3 is 2.81 bits per heavy atom. The Hall–Kier alpha value is -2.54. The Labute approximate surface area is 158 Å². The highest BCUT2D eigenvalue weighted by Gasteiger charge is 2.42. The van der Waals surface area contributed by atoms with Gasteiger partial charge in [0.05, 0.1) is 30.9 Å². The predicted octanol–water partition coefficient (Wildman–Crippen LogP) is 2.18. The minimum atomic E-state index is -0.377. The first-order valence-corrected chi connectivity index (χ1v) is 9.36. The number of halogens is 1. The normalized spacial score (nSPS) is 22.7. The summed E-state index contributed by atoms with van der Waals surface area (Å²) in [5.74, 6) is -0.00589. The molecule has 0 aliphatic carbocycles. The van der Waals surface area contributed by atoms with Gasteiger partial charge in [-0.2, -0.15) is 0 Å². The van der Waals surface area contributed by atoms with Gasteiger partial charge in [0.15, 0.2) is 11.6 Å². The molecule has 27 heavy (non-hydrogen) atoms. The van der Waals surface area contributed by atoms with E-state index in [0.717, 1.165) is 5.56 Å². The summed E-state index contributed by atoms with van der Waals surface area (Å²) in [6, 6.07) is 9.79. The van der Waals surface area contributed by atoms with Crippen molar-refractivity contribution in [1.82, 2.24) is 14.9 Å². The number of carbonyl (C=O) groups excluding carboxylic acids is 1. The van der Waals surface area contributed by atoms with Gasteiger partial charge in [-0.25, -0.2) is 14.4 Å². The van der Waals surface area contributed by atoms with E-state index in [2.05, 4.69) is 9.97 Å². The molecule has 1 aromatic heterocycles. The van der Waals surface area contributed by atoms with Gasteiger partial charge in [-0.15, -0.1) is 0 Å². The molecule has 2 aromatic rings. The number of nitrogens with zero attached hydrogens (tertiary/aromatic N) is 4. The number of fused-ring (bicyclic) bond motifs is 1. The number of rotatable bonds is 4. The summed E-state index contributed by atoms with van der Waals surface area (Å²) in [7, 11) is 0. The maximum atomic E-state index is 14.7. The van der Waals surface area contributed by atoms with Gasteiger partial charge in [0, 0.05) is 19.6 Å². The maximum absolute atomic E-state index is 14.7. The van der Waals surface area contributed by atoms with Crippen LogP contribution in [0.5, 0.6) is 0 Å². The summed E-state index contributed by atoms with van der Waals surface area (Å²) >= 11 is 0. The molecule has 3 heterocycles. The van der Waals surface area contributed by atoms with Crippen molar-refractivity contribution in [3.63, 3.8) is 0 Å². The van der Waals surface area contributed by atoms with Crippen molar-refractivity contribution in [3.05, 3.63) is 53.7 Å². The fraction of sp³-hybridized carbons (Fsp3) is 0.450. The van der Waals surface area contributed by atoms with Crippen molar-refractivity contribution in [2.75, 3.05) is 24.6 Å². The molecular weight excluding hydrogens is 347 g/mol. The molecule has 2 saturated heterocycles. The number of aryl methyl sites for hydroxylation is 1. The average molecular weight is 370 g/mol. The molecule has 6 nitrogen and oxygen atoms in total. The van der Waals surface area contributed by atoms with E-state index in [-0.39, 0.29) is 23.9 Å². The van der Waals surface area contributed by atoms with Gasteiger partial charge in [-0.3, -0.25) is 4.79 Å². The molecule has 0 bridgehead atoms. The van der Waals surface area contributed by atoms with Gasteiger partial charge in [-0.05, 0) is 12.0 Å². The van der Waals surface area contributed by atoms with Gasteiger partial charge < -0.3 is 14.5 Å². The molecule has 0 saturated carbocycles. The predicted molar refractivity (Wildman–Crippen MR) is 98.7 cm³/mol. The third-order valence-corrected chi connectivity index (χ3v) is 5.28. The number of benzene rings is 1. The largest absolute Gasteiger partial charge is 0.374 e. The SMILES string of the molecule is CCc1ncnc(N2C[C@@H]3OCCC(=O)N(Cc4ccccc4)[C@H]3C2)c1F. The summed E-state index contributed by atoms with van der Waals surface area (Å²) in [4.78, 5) is 24.6. The highest BCUT2D eigenvalue weighted by Crippen LogP contribution is 2.29. The zero-order chi connectivity index (χ0) is 18.8. The quantitative estimate of drug-likeness (QED) is 0.826. The molecule has 2 aliphatic heterocycles. The van der Waals surface area contributed by atoms with E-state index >= 15 is 0 Å². The smallest absolute Gasteiger partial charge is 0.225 e. The van der Waals surface area contributed by atoms with Gasteiger partial charge in [0.25, 0.3) is 0 Å². The molecule has 1 amide bonds. The zero-order valence-corrected chi connectivity index (χ0v) is 15.3. The summed E-state index contributed by atoms with van der Waals surface area (Å²) in [5, 5.41) is 0. The Morgan fingerprint density at radius 2 is 2.04 bits per heavy atom. The van der Waals surface area contributed by atoms with Gasteiger partial charge in [0.2, 0.25) is 5.91 Å². The number of hydrogen-bond acceptors (Lipinski definition) is 5. The van der Waals surface area contributed by atoms with Crippen LogP contribution in [0.3, 0.4) is 0 Å². The summed E-state index contributed by atoms with van der Waals surface area (Å²) in [6.07, 6.45) is 2.14. The van der Waals surface area contributed by atoms with E-state index in [9.17, 15) is 9.18 Å². The van der Waals surface area contributed by atoms with E-state index in [4.69, 9.17) is 4.74 Å². The third-order valence-electron chi connectivity index (χ3n) is 5.28. The molecular formula is C20H23FN4O2. The fourth-order valence-electron chi connectivity index (χ4n) is 3.87. The first-order valence-electron chi connectivity index (χ1n) is 9.36. The molecule has 0 spiro atoms. The van der Waals surface area contributed by atoms with Crippen LogP contribution in [0.25, 0.3) is 0 Å². The van der Waals surface area contributed by atoms with Crippen molar-refractivity contribution < 1.29 is 13.9 Å². The molecule has 0 radical (unpaired) electrons. The lowest BCUT2D eigenvalue weighted by Gasteiger charge is -2.29. The Morgan fingerprint density at radius 1 is 1.22 bits per heavy atom. The second kappa shape index (κ2) is 7.60. The number of ether oxygens (including phenoxy) is 1. The van der Waals surface area contributed by atoms with Crippen LogP contribution in [0.2, 0.25) is 0 Å². The van der Waals surface area contributed by atoms with E-state index in [1.807, 2.05) is 47.1 Å². The Balaban J connectivity index is 1.60. The van der Waals surface area contributed by atoms with Gasteiger partial charge in [-0.1, -0.05) is 37.3 Å². The number of amides is 1. The van der Waals surface area contributed by atoms with E-state index in [1.54, 1.807) is 0 Å². The molecule has 2 aliphatic rings. The van der Waals surface area contributed by atoms with Crippen LogP contribution < -0.4 is 4.90 Å². The minimum absolute atomic E-state index is 0.0746. The van der Waals surface area contributed by atoms with Crippen molar-refractivity contribution in [1.29, 1.82) is 0 Å². The molecule has 1 aromatic carbocycles. The highest BCUT2D eigenvalue weighted by atomic mass is 19.1. The van der Waals surface area contributed by atoms with Crippen LogP contribution in [0, 0.1) is 5.82 Å². The molecule has 0 unspecified atom stereocenters. The Kier molecular flexibility index (Phi) is 5.03. The maximum Gasteiger partial charge on any atom is 0.225 e. The molecule has 142 valence electrons. The molecule has 0 N–H and O–H groups in total. The molecule has 2 fully saturated rings. The average Bonchev–Trinajstić information content (AvgIpc) is 3.04. The molecule has 7 heteroatoms.